The quantitative estimate of drug-likeness (QED) is 0.846. The van der Waals surface area contributed by atoms with E-state index in [0.717, 1.165) is 31.7 Å². The molecular weight excluding hydrogens is 216 g/mol. The molecule has 1 fully saturated rings. The predicted octanol–water partition coefficient (Wildman–Crippen LogP) is 1.78. The molecule has 0 aromatic carbocycles. The fourth-order valence-corrected chi connectivity index (χ4v) is 2.22. The third kappa shape index (κ3) is 2.96. The minimum absolute atomic E-state index is 0.174. The van der Waals surface area contributed by atoms with Crippen molar-refractivity contribution in [2.45, 2.75) is 19.4 Å². The van der Waals surface area contributed by atoms with Crippen LogP contribution in [0.5, 0.6) is 5.88 Å². The highest BCUT2D eigenvalue weighted by Gasteiger charge is 2.29. The van der Waals surface area contributed by atoms with Gasteiger partial charge in [0.1, 0.15) is 0 Å². The first kappa shape index (κ1) is 12.3. The van der Waals surface area contributed by atoms with E-state index < -0.39 is 0 Å². The molecule has 1 N–H and O–H groups in total. The Kier molecular flexibility index (Phi) is 4.34. The van der Waals surface area contributed by atoms with Gasteiger partial charge in [0, 0.05) is 31.3 Å². The Hall–Kier alpha value is -1.13. The van der Waals surface area contributed by atoms with Crippen molar-refractivity contribution in [3.8, 4) is 5.88 Å². The van der Waals surface area contributed by atoms with Crippen LogP contribution in [-0.4, -0.2) is 31.8 Å². The average Bonchev–Trinajstić information content (AvgIpc) is 2.84. The Labute approximate surface area is 102 Å². The number of ether oxygens (including phenoxy) is 2. The van der Waals surface area contributed by atoms with Crippen molar-refractivity contribution < 1.29 is 9.47 Å². The predicted molar refractivity (Wildman–Crippen MR) is 66.1 cm³/mol. The largest absolute Gasteiger partial charge is 0.481 e. The molecule has 0 radical (unpaired) electrons. The van der Waals surface area contributed by atoms with Gasteiger partial charge in [-0.3, -0.25) is 0 Å². The number of hydrogen-bond acceptors (Lipinski definition) is 4. The van der Waals surface area contributed by atoms with Gasteiger partial charge >= 0.3 is 0 Å². The van der Waals surface area contributed by atoms with Crippen LogP contribution in [0.1, 0.15) is 25.0 Å². The zero-order valence-corrected chi connectivity index (χ0v) is 10.5. The molecule has 1 aromatic rings. The lowest BCUT2D eigenvalue weighted by molar-refractivity contribution is 0.0903. The van der Waals surface area contributed by atoms with E-state index in [9.17, 15) is 0 Å². The van der Waals surface area contributed by atoms with Gasteiger partial charge in [0.2, 0.25) is 5.88 Å². The van der Waals surface area contributed by atoms with E-state index in [4.69, 9.17) is 9.47 Å². The van der Waals surface area contributed by atoms with Gasteiger partial charge in [0.25, 0.3) is 0 Å². The molecule has 4 nitrogen and oxygen atoms in total. The van der Waals surface area contributed by atoms with Crippen molar-refractivity contribution in [2.75, 3.05) is 26.8 Å². The van der Waals surface area contributed by atoms with Crippen LogP contribution in [0.25, 0.3) is 0 Å². The number of nitrogens with one attached hydrogen (secondary N) is 1. The van der Waals surface area contributed by atoms with Gasteiger partial charge in [-0.25, -0.2) is 4.98 Å². The normalized spacial score (nSPS) is 23.9. The van der Waals surface area contributed by atoms with E-state index in [2.05, 4.69) is 17.2 Å². The molecule has 2 rings (SSSR count). The molecule has 0 amide bonds. The maximum absolute atomic E-state index is 5.80. The summed E-state index contributed by atoms with van der Waals surface area (Å²) in [6.07, 6.45) is 3.14. The maximum atomic E-state index is 5.80. The van der Waals surface area contributed by atoms with Crippen LogP contribution in [0, 0.1) is 5.92 Å². The summed E-state index contributed by atoms with van der Waals surface area (Å²) in [7, 11) is 1.63. The number of methoxy groups -OCH3 is 1. The summed E-state index contributed by atoms with van der Waals surface area (Å²) in [6, 6.07) is 3.93. The molecule has 2 heterocycles. The smallest absolute Gasteiger partial charge is 0.212 e. The summed E-state index contributed by atoms with van der Waals surface area (Å²) in [5.41, 5.74) is 1.14. The van der Waals surface area contributed by atoms with Crippen LogP contribution in [0.15, 0.2) is 18.3 Å². The van der Waals surface area contributed by atoms with Crippen LogP contribution in [0.3, 0.4) is 0 Å². The van der Waals surface area contributed by atoms with Crippen molar-refractivity contribution in [1.29, 1.82) is 0 Å². The fraction of sp³-hybridized carbons (Fsp3) is 0.615. The lowest BCUT2D eigenvalue weighted by Crippen LogP contribution is -2.24. The fourth-order valence-electron chi connectivity index (χ4n) is 2.22. The standard InChI is InChI=1S/C13H20N2O2/c1-3-14-8-11-6-7-17-13(11)10-4-5-12(16-2)15-9-10/h4-5,9,11,13-14H,3,6-8H2,1-2H3. The van der Waals surface area contributed by atoms with Crippen molar-refractivity contribution in [2.24, 2.45) is 5.92 Å². The van der Waals surface area contributed by atoms with E-state index >= 15 is 0 Å². The molecule has 94 valence electrons. The third-order valence-electron chi connectivity index (χ3n) is 3.17. The molecule has 1 aliphatic rings. The molecular formula is C13H20N2O2. The molecule has 1 saturated heterocycles. The van der Waals surface area contributed by atoms with Crippen LogP contribution < -0.4 is 10.1 Å². The monoisotopic (exact) mass is 236 g/mol. The second kappa shape index (κ2) is 5.98. The lowest BCUT2D eigenvalue weighted by Gasteiger charge is -2.18. The highest BCUT2D eigenvalue weighted by atomic mass is 16.5. The number of rotatable bonds is 5. The van der Waals surface area contributed by atoms with Gasteiger partial charge in [0.15, 0.2) is 0 Å². The van der Waals surface area contributed by atoms with Crippen molar-refractivity contribution >= 4 is 0 Å². The van der Waals surface area contributed by atoms with Crippen LogP contribution >= 0.6 is 0 Å². The van der Waals surface area contributed by atoms with Crippen LogP contribution in [0.4, 0.5) is 0 Å². The van der Waals surface area contributed by atoms with Gasteiger partial charge in [0.05, 0.1) is 13.2 Å². The highest BCUT2D eigenvalue weighted by Crippen LogP contribution is 2.34. The van der Waals surface area contributed by atoms with E-state index in [1.165, 1.54) is 0 Å². The number of hydrogen-bond donors (Lipinski definition) is 1. The second-order valence-electron chi connectivity index (χ2n) is 4.28. The first-order chi connectivity index (χ1) is 8.35. The maximum Gasteiger partial charge on any atom is 0.212 e. The molecule has 0 bridgehead atoms. The average molecular weight is 236 g/mol. The third-order valence-corrected chi connectivity index (χ3v) is 3.17. The van der Waals surface area contributed by atoms with Gasteiger partial charge in [-0.1, -0.05) is 6.92 Å². The summed E-state index contributed by atoms with van der Waals surface area (Å²) in [4.78, 5) is 4.23. The number of aromatic nitrogens is 1. The summed E-state index contributed by atoms with van der Waals surface area (Å²) < 4.78 is 10.9. The Bertz CT molecular complexity index is 340. The van der Waals surface area contributed by atoms with E-state index in [1.54, 1.807) is 7.11 Å². The SMILES string of the molecule is CCNCC1CCOC1c1ccc(OC)nc1. The summed E-state index contributed by atoms with van der Waals surface area (Å²) >= 11 is 0. The molecule has 0 spiro atoms. The highest BCUT2D eigenvalue weighted by molar-refractivity contribution is 5.21. The molecule has 0 saturated carbocycles. The Morgan fingerprint density at radius 3 is 3.06 bits per heavy atom. The Morgan fingerprint density at radius 1 is 1.53 bits per heavy atom. The van der Waals surface area contributed by atoms with E-state index in [1.807, 2.05) is 18.3 Å². The number of pyridine rings is 1. The molecule has 1 aliphatic heterocycles. The molecule has 2 atom stereocenters. The van der Waals surface area contributed by atoms with E-state index in [-0.39, 0.29) is 6.10 Å². The van der Waals surface area contributed by atoms with Gasteiger partial charge in [-0.15, -0.1) is 0 Å². The minimum atomic E-state index is 0.174. The molecule has 17 heavy (non-hydrogen) atoms. The first-order valence-electron chi connectivity index (χ1n) is 6.17. The molecule has 1 aromatic heterocycles. The Morgan fingerprint density at radius 2 is 2.41 bits per heavy atom. The topological polar surface area (TPSA) is 43.4 Å². The van der Waals surface area contributed by atoms with Crippen molar-refractivity contribution in [3.63, 3.8) is 0 Å². The van der Waals surface area contributed by atoms with E-state index in [0.29, 0.717) is 11.8 Å². The van der Waals surface area contributed by atoms with Gasteiger partial charge < -0.3 is 14.8 Å². The zero-order valence-electron chi connectivity index (χ0n) is 10.5. The van der Waals surface area contributed by atoms with Crippen molar-refractivity contribution in [3.05, 3.63) is 23.9 Å². The van der Waals surface area contributed by atoms with Gasteiger partial charge in [-0.05, 0) is 24.6 Å². The summed E-state index contributed by atoms with van der Waals surface area (Å²) in [5, 5.41) is 3.39. The molecule has 0 aliphatic carbocycles. The molecule has 2 unspecified atom stereocenters. The second-order valence-corrected chi connectivity index (χ2v) is 4.28. The van der Waals surface area contributed by atoms with Crippen molar-refractivity contribution in [1.82, 2.24) is 10.3 Å². The van der Waals surface area contributed by atoms with Gasteiger partial charge in [-0.2, -0.15) is 0 Å². The summed E-state index contributed by atoms with van der Waals surface area (Å²) in [6.45, 7) is 4.98. The lowest BCUT2D eigenvalue weighted by atomic mass is 9.96. The first-order valence-corrected chi connectivity index (χ1v) is 6.17. The zero-order chi connectivity index (χ0) is 12.1. The minimum Gasteiger partial charge on any atom is -0.481 e. The molecule has 4 heteroatoms. The van der Waals surface area contributed by atoms with Crippen LogP contribution in [-0.2, 0) is 4.74 Å². The number of nitrogens with zero attached hydrogens (tertiary/aromatic N) is 1. The Balaban J connectivity index is 2.03. The summed E-state index contributed by atoms with van der Waals surface area (Å²) in [5.74, 6) is 1.19. The van der Waals surface area contributed by atoms with Crippen LogP contribution in [0.2, 0.25) is 0 Å².